The Balaban J connectivity index is 1.48. The number of furan rings is 1. The van der Waals surface area contributed by atoms with Crippen molar-refractivity contribution in [1.82, 2.24) is 10.2 Å². The Kier molecular flexibility index (Phi) is 7.63. The fourth-order valence-corrected chi connectivity index (χ4v) is 4.00. The topological polar surface area (TPSA) is 81.7 Å². The van der Waals surface area contributed by atoms with Crippen molar-refractivity contribution in [2.24, 2.45) is 0 Å². The van der Waals surface area contributed by atoms with E-state index in [0.29, 0.717) is 31.3 Å². The highest BCUT2D eigenvalue weighted by Crippen LogP contribution is 2.29. The second kappa shape index (κ2) is 11.0. The van der Waals surface area contributed by atoms with Gasteiger partial charge in [0.05, 0.1) is 6.61 Å². The van der Waals surface area contributed by atoms with Crippen LogP contribution in [0.25, 0.3) is 28.2 Å². The zero-order chi connectivity index (χ0) is 23.9. The molecule has 4 rings (SSSR count). The lowest BCUT2D eigenvalue weighted by Crippen LogP contribution is -2.44. The number of amides is 1. The molecule has 7 nitrogen and oxygen atoms in total. The van der Waals surface area contributed by atoms with Crippen LogP contribution in [-0.4, -0.2) is 63.8 Å². The second-order valence-electron chi connectivity index (χ2n) is 8.36. The molecule has 0 radical (unpaired) electrons. The number of nitrogens with zero attached hydrogens (tertiary/aromatic N) is 3. The minimum atomic E-state index is -0.443. The summed E-state index contributed by atoms with van der Waals surface area (Å²) in [6.45, 7) is 7.46. The summed E-state index contributed by atoms with van der Waals surface area (Å²) in [6, 6.07) is 18.4. The summed E-state index contributed by atoms with van der Waals surface area (Å²) >= 11 is 0. The van der Waals surface area contributed by atoms with Crippen LogP contribution in [0, 0.1) is 11.3 Å². The molecule has 3 aromatic rings. The maximum atomic E-state index is 12.2. The monoisotopic (exact) mass is 458 g/mol. The molecule has 0 aliphatic carbocycles. The van der Waals surface area contributed by atoms with Crippen molar-refractivity contribution in [1.29, 1.82) is 5.26 Å². The van der Waals surface area contributed by atoms with Gasteiger partial charge in [-0.2, -0.15) is 5.26 Å². The Morgan fingerprint density at radius 2 is 1.88 bits per heavy atom. The number of likely N-dealkylation sites (N-methyl/N-ethyl adjacent to an activating group) is 1. The van der Waals surface area contributed by atoms with Crippen molar-refractivity contribution < 1.29 is 13.9 Å². The minimum Gasteiger partial charge on any atom is -0.457 e. The van der Waals surface area contributed by atoms with Gasteiger partial charge in [0.25, 0.3) is 5.91 Å². The Morgan fingerprint density at radius 3 is 2.65 bits per heavy atom. The van der Waals surface area contributed by atoms with Crippen molar-refractivity contribution in [2.75, 3.05) is 57.9 Å². The third-order valence-electron chi connectivity index (χ3n) is 5.99. The van der Waals surface area contributed by atoms with E-state index in [1.807, 2.05) is 25.1 Å². The highest BCUT2D eigenvalue weighted by Gasteiger charge is 2.15. The number of hydrogen-bond donors (Lipinski definition) is 1. The van der Waals surface area contributed by atoms with Gasteiger partial charge < -0.3 is 24.3 Å². The van der Waals surface area contributed by atoms with E-state index in [4.69, 9.17) is 9.15 Å². The van der Waals surface area contributed by atoms with Crippen LogP contribution >= 0.6 is 0 Å². The summed E-state index contributed by atoms with van der Waals surface area (Å²) in [5.74, 6) is 0.698. The van der Waals surface area contributed by atoms with Crippen LogP contribution in [0.15, 0.2) is 58.5 Å². The standard InChI is InChI=1S/C27H30N4O3/c1-3-33-15-10-29-27(32)23(19-28)18-25-8-9-26(34-25)22-5-4-21-17-24(7-6-20(21)16-22)31-13-11-30(2)12-14-31/h4-9,16-18H,3,10-15H2,1-2H3,(H,29,32)/b23-18+. The normalized spacial score (nSPS) is 14.9. The maximum Gasteiger partial charge on any atom is 0.262 e. The van der Waals surface area contributed by atoms with Gasteiger partial charge in [0.15, 0.2) is 0 Å². The third-order valence-corrected chi connectivity index (χ3v) is 5.99. The average molecular weight is 459 g/mol. The molecule has 1 amide bonds. The van der Waals surface area contributed by atoms with E-state index in [1.165, 1.54) is 17.1 Å². The molecule has 1 aliphatic heterocycles. The average Bonchev–Trinajstić information content (AvgIpc) is 3.33. The van der Waals surface area contributed by atoms with Gasteiger partial charge in [-0.15, -0.1) is 0 Å². The number of benzene rings is 2. The Bertz CT molecular complexity index is 1220. The Morgan fingerprint density at radius 1 is 1.12 bits per heavy atom. The summed E-state index contributed by atoms with van der Waals surface area (Å²) in [7, 11) is 2.16. The van der Waals surface area contributed by atoms with Gasteiger partial charge in [-0.25, -0.2) is 0 Å². The second-order valence-corrected chi connectivity index (χ2v) is 8.36. The fraction of sp³-hybridized carbons (Fsp3) is 0.333. The first kappa shape index (κ1) is 23.6. The molecule has 34 heavy (non-hydrogen) atoms. The molecule has 2 heterocycles. The summed E-state index contributed by atoms with van der Waals surface area (Å²) in [4.78, 5) is 17.0. The van der Waals surface area contributed by atoms with Crippen LogP contribution in [0.5, 0.6) is 0 Å². The number of anilines is 1. The number of rotatable bonds is 8. The van der Waals surface area contributed by atoms with E-state index in [9.17, 15) is 10.1 Å². The molecule has 176 valence electrons. The van der Waals surface area contributed by atoms with Gasteiger partial charge in [0, 0.05) is 56.7 Å². The van der Waals surface area contributed by atoms with Crippen molar-refractivity contribution in [3.63, 3.8) is 0 Å². The summed E-state index contributed by atoms with van der Waals surface area (Å²) in [5.41, 5.74) is 2.19. The maximum absolute atomic E-state index is 12.2. The Labute approximate surface area is 200 Å². The van der Waals surface area contributed by atoms with Crippen LogP contribution in [0.3, 0.4) is 0 Å². The predicted octanol–water partition coefficient (Wildman–Crippen LogP) is 3.91. The molecular weight excluding hydrogens is 428 g/mol. The number of ether oxygens (including phenoxy) is 1. The molecule has 0 atom stereocenters. The lowest BCUT2D eigenvalue weighted by atomic mass is 10.0. The van der Waals surface area contributed by atoms with Gasteiger partial charge in [-0.1, -0.05) is 18.2 Å². The molecule has 1 saturated heterocycles. The van der Waals surface area contributed by atoms with Crippen molar-refractivity contribution in [2.45, 2.75) is 6.92 Å². The van der Waals surface area contributed by atoms with E-state index in [1.54, 1.807) is 6.07 Å². The first-order valence-electron chi connectivity index (χ1n) is 11.6. The van der Waals surface area contributed by atoms with Crippen LogP contribution < -0.4 is 10.2 Å². The molecule has 1 fully saturated rings. The van der Waals surface area contributed by atoms with E-state index in [0.717, 1.165) is 37.1 Å². The zero-order valence-corrected chi connectivity index (χ0v) is 19.7. The molecule has 1 aliphatic rings. The SMILES string of the molecule is CCOCCNC(=O)/C(C#N)=C/c1ccc(-c2ccc3cc(N4CCN(C)CC4)ccc3c2)o1. The smallest absolute Gasteiger partial charge is 0.262 e. The number of nitrogens with one attached hydrogen (secondary N) is 1. The Hall–Kier alpha value is -3.60. The molecule has 2 aromatic carbocycles. The van der Waals surface area contributed by atoms with Gasteiger partial charge in [-0.3, -0.25) is 4.79 Å². The lowest BCUT2D eigenvalue weighted by Gasteiger charge is -2.34. The van der Waals surface area contributed by atoms with Gasteiger partial charge in [0.2, 0.25) is 0 Å². The quantitative estimate of drug-likeness (QED) is 0.313. The van der Waals surface area contributed by atoms with Crippen molar-refractivity contribution in [3.8, 4) is 17.4 Å². The largest absolute Gasteiger partial charge is 0.457 e. The first-order valence-corrected chi connectivity index (χ1v) is 11.6. The first-order chi connectivity index (χ1) is 16.6. The molecule has 7 heteroatoms. The fourth-order valence-electron chi connectivity index (χ4n) is 4.00. The van der Waals surface area contributed by atoms with Gasteiger partial charge in [0.1, 0.15) is 23.2 Å². The minimum absolute atomic E-state index is 0.00709. The van der Waals surface area contributed by atoms with Crippen LogP contribution in [0.4, 0.5) is 5.69 Å². The molecule has 1 N–H and O–H groups in total. The highest BCUT2D eigenvalue weighted by molar-refractivity contribution is 6.01. The number of nitriles is 1. The van der Waals surface area contributed by atoms with E-state index in [2.05, 4.69) is 52.5 Å². The number of carbonyl (C=O) groups excluding carboxylic acids is 1. The van der Waals surface area contributed by atoms with Crippen LogP contribution in [-0.2, 0) is 9.53 Å². The molecule has 0 saturated carbocycles. The summed E-state index contributed by atoms with van der Waals surface area (Å²) in [6.07, 6.45) is 1.46. The van der Waals surface area contributed by atoms with E-state index < -0.39 is 5.91 Å². The van der Waals surface area contributed by atoms with Crippen molar-refractivity contribution in [3.05, 3.63) is 59.9 Å². The lowest BCUT2D eigenvalue weighted by molar-refractivity contribution is -0.117. The van der Waals surface area contributed by atoms with Crippen molar-refractivity contribution >= 4 is 28.4 Å². The third kappa shape index (κ3) is 5.66. The van der Waals surface area contributed by atoms with E-state index >= 15 is 0 Å². The van der Waals surface area contributed by atoms with Crippen LogP contribution in [0.2, 0.25) is 0 Å². The predicted molar refractivity (Wildman–Crippen MR) is 134 cm³/mol. The number of hydrogen-bond acceptors (Lipinski definition) is 6. The molecule has 1 aromatic heterocycles. The number of piperazine rings is 1. The van der Waals surface area contributed by atoms with Crippen LogP contribution in [0.1, 0.15) is 12.7 Å². The summed E-state index contributed by atoms with van der Waals surface area (Å²) < 4.78 is 11.1. The highest BCUT2D eigenvalue weighted by atomic mass is 16.5. The molecule has 0 spiro atoms. The molecule has 0 unspecified atom stereocenters. The molecular formula is C27H30N4O3. The van der Waals surface area contributed by atoms with Gasteiger partial charge >= 0.3 is 0 Å². The number of fused-ring (bicyclic) bond motifs is 1. The zero-order valence-electron chi connectivity index (χ0n) is 19.7. The summed E-state index contributed by atoms with van der Waals surface area (Å²) in [5, 5.41) is 14.4. The van der Waals surface area contributed by atoms with Gasteiger partial charge in [-0.05, 0) is 55.1 Å². The number of carbonyl (C=O) groups is 1. The molecule has 0 bridgehead atoms. The van der Waals surface area contributed by atoms with E-state index in [-0.39, 0.29) is 5.57 Å².